The molecule has 1 aromatic carbocycles. The number of ketones is 1. The Kier molecular flexibility index (Phi) is 7.01. The highest BCUT2D eigenvalue weighted by Crippen LogP contribution is 2.08. The van der Waals surface area contributed by atoms with E-state index in [1.807, 2.05) is 6.92 Å². The van der Waals surface area contributed by atoms with Gasteiger partial charge in [-0.15, -0.1) is 0 Å². The van der Waals surface area contributed by atoms with Crippen molar-refractivity contribution in [2.75, 3.05) is 19.6 Å². The van der Waals surface area contributed by atoms with Gasteiger partial charge in [0.1, 0.15) is 16.7 Å². The third kappa shape index (κ3) is 6.84. The van der Waals surface area contributed by atoms with Crippen molar-refractivity contribution < 1.29 is 22.7 Å². The lowest BCUT2D eigenvalue weighted by molar-refractivity contribution is -0.894. The molecule has 6 heteroatoms. The normalized spacial score (nSPS) is 18.8. The molecule has 1 aromatic rings. The van der Waals surface area contributed by atoms with Crippen molar-refractivity contribution in [3.05, 3.63) is 29.8 Å². The van der Waals surface area contributed by atoms with Crippen LogP contribution in [0.4, 0.5) is 0 Å². The topological polar surface area (TPSA) is 78.7 Å². The molecule has 5 nitrogen and oxygen atoms in total. The zero-order valence-electron chi connectivity index (χ0n) is 12.6. The van der Waals surface area contributed by atoms with Crippen LogP contribution in [0.2, 0.25) is 0 Å². The lowest BCUT2D eigenvalue weighted by atomic mass is 10.1. The first-order chi connectivity index (χ1) is 9.82. The molecule has 2 rings (SSSR count). The van der Waals surface area contributed by atoms with E-state index in [9.17, 15) is 17.8 Å². The van der Waals surface area contributed by atoms with Gasteiger partial charge >= 0.3 is 0 Å². The van der Waals surface area contributed by atoms with Gasteiger partial charge in [0, 0.05) is 12.8 Å². The molecule has 1 atom stereocenters. The summed E-state index contributed by atoms with van der Waals surface area (Å²) in [6, 6.07) is 5.78. The van der Waals surface area contributed by atoms with Gasteiger partial charge in [-0.05, 0) is 25.5 Å². The number of benzene rings is 1. The van der Waals surface area contributed by atoms with E-state index in [-0.39, 0.29) is 4.90 Å². The van der Waals surface area contributed by atoms with Gasteiger partial charge in [0.15, 0.2) is 5.78 Å². The van der Waals surface area contributed by atoms with E-state index in [1.165, 1.54) is 36.5 Å². The summed E-state index contributed by atoms with van der Waals surface area (Å²) in [7, 11) is -4.27. The Morgan fingerprint density at radius 1 is 1.24 bits per heavy atom. The molecule has 0 aliphatic carbocycles. The van der Waals surface area contributed by atoms with Gasteiger partial charge in [-0.3, -0.25) is 4.79 Å². The average Bonchev–Trinajstić information content (AvgIpc) is 2.39. The number of carbonyl (C=O) groups excluding carboxylic acids is 1. The number of carbonyl (C=O) groups is 1. The Morgan fingerprint density at radius 3 is 2.33 bits per heavy atom. The molecule has 21 heavy (non-hydrogen) atoms. The van der Waals surface area contributed by atoms with Crippen molar-refractivity contribution >= 4 is 15.9 Å². The van der Waals surface area contributed by atoms with Gasteiger partial charge in [-0.25, -0.2) is 8.42 Å². The van der Waals surface area contributed by atoms with E-state index in [0.717, 1.165) is 24.9 Å². The van der Waals surface area contributed by atoms with E-state index >= 15 is 0 Å². The Bertz CT molecular complexity index is 550. The number of Topliss-reactive ketones (excluding diaryl/α,β-unsaturated/α-hetero) is 1. The SMILES string of the molecule is CCC[NH+]1CCCC(=O)C1.Cc1ccc(S(=O)(=O)[O-])cc1. The number of rotatable bonds is 3. The molecule has 0 saturated carbocycles. The smallest absolute Gasteiger partial charge is 0.187 e. The highest BCUT2D eigenvalue weighted by atomic mass is 32.2. The van der Waals surface area contributed by atoms with Crippen LogP contribution in [0, 0.1) is 6.92 Å². The second kappa shape index (κ2) is 8.26. The lowest BCUT2D eigenvalue weighted by Gasteiger charge is -2.21. The van der Waals surface area contributed by atoms with Gasteiger partial charge in [0.2, 0.25) is 0 Å². The molecule has 1 aliphatic heterocycles. The van der Waals surface area contributed by atoms with Crippen LogP contribution >= 0.6 is 0 Å². The van der Waals surface area contributed by atoms with Gasteiger partial charge in [0.25, 0.3) is 0 Å². The fourth-order valence-electron chi connectivity index (χ4n) is 2.26. The van der Waals surface area contributed by atoms with Crippen molar-refractivity contribution in [2.24, 2.45) is 0 Å². The molecular formula is C15H23NO4S. The molecule has 1 saturated heterocycles. The van der Waals surface area contributed by atoms with E-state index in [0.29, 0.717) is 5.78 Å². The largest absolute Gasteiger partial charge is 0.744 e. The fourth-order valence-corrected chi connectivity index (χ4v) is 2.73. The summed E-state index contributed by atoms with van der Waals surface area (Å²) < 4.78 is 31.2. The summed E-state index contributed by atoms with van der Waals surface area (Å²) in [6.07, 6.45) is 3.13. The summed E-state index contributed by atoms with van der Waals surface area (Å²) >= 11 is 0. The van der Waals surface area contributed by atoms with Gasteiger partial charge < -0.3 is 9.45 Å². The molecular weight excluding hydrogens is 290 g/mol. The van der Waals surface area contributed by atoms with Crippen LogP contribution < -0.4 is 4.90 Å². The molecule has 0 radical (unpaired) electrons. The first-order valence-corrected chi connectivity index (χ1v) is 8.61. The van der Waals surface area contributed by atoms with Gasteiger partial charge in [-0.1, -0.05) is 24.6 Å². The van der Waals surface area contributed by atoms with Crippen LogP contribution in [0.15, 0.2) is 29.2 Å². The highest BCUT2D eigenvalue weighted by molar-refractivity contribution is 7.85. The fraction of sp³-hybridized carbons (Fsp3) is 0.533. The monoisotopic (exact) mass is 313 g/mol. The summed E-state index contributed by atoms with van der Waals surface area (Å²) in [5.74, 6) is 0.453. The number of hydrogen-bond acceptors (Lipinski definition) is 4. The molecule has 0 amide bonds. The average molecular weight is 313 g/mol. The van der Waals surface area contributed by atoms with Crippen molar-refractivity contribution in [3.63, 3.8) is 0 Å². The van der Waals surface area contributed by atoms with Crippen LogP contribution in [-0.4, -0.2) is 38.4 Å². The summed E-state index contributed by atoms with van der Waals surface area (Å²) in [4.78, 5) is 12.2. The van der Waals surface area contributed by atoms with Crippen molar-refractivity contribution in [1.29, 1.82) is 0 Å². The molecule has 1 N–H and O–H groups in total. The highest BCUT2D eigenvalue weighted by Gasteiger charge is 2.18. The third-order valence-corrected chi connectivity index (χ3v) is 4.20. The van der Waals surface area contributed by atoms with Gasteiger partial charge in [0.05, 0.1) is 18.0 Å². The second-order valence-electron chi connectivity index (χ2n) is 5.34. The van der Waals surface area contributed by atoms with E-state index in [1.54, 1.807) is 12.1 Å². The zero-order chi connectivity index (χ0) is 15.9. The Balaban J connectivity index is 0.000000211. The summed E-state index contributed by atoms with van der Waals surface area (Å²) in [6.45, 7) is 7.16. The number of piperidine rings is 1. The molecule has 1 heterocycles. The van der Waals surface area contributed by atoms with E-state index in [2.05, 4.69) is 6.92 Å². The summed E-state index contributed by atoms with van der Waals surface area (Å²) in [5, 5.41) is 0. The molecule has 1 fully saturated rings. The number of nitrogens with one attached hydrogen (secondary N) is 1. The van der Waals surface area contributed by atoms with Gasteiger partial charge in [-0.2, -0.15) is 0 Å². The number of aryl methyl sites for hydroxylation is 1. The Morgan fingerprint density at radius 2 is 1.86 bits per heavy atom. The minimum Gasteiger partial charge on any atom is -0.744 e. The minimum absolute atomic E-state index is 0.178. The van der Waals surface area contributed by atoms with Crippen LogP contribution in [-0.2, 0) is 14.9 Å². The molecule has 1 aliphatic rings. The molecule has 0 aromatic heterocycles. The van der Waals surface area contributed by atoms with Crippen LogP contribution in [0.5, 0.6) is 0 Å². The number of likely N-dealkylation sites (tertiary alicyclic amines) is 1. The Hall–Kier alpha value is -1.24. The maximum atomic E-state index is 10.9. The molecule has 118 valence electrons. The quantitative estimate of drug-likeness (QED) is 0.826. The number of quaternary nitrogens is 1. The van der Waals surface area contributed by atoms with E-state index in [4.69, 9.17) is 0 Å². The van der Waals surface area contributed by atoms with Crippen molar-refractivity contribution in [3.8, 4) is 0 Å². The van der Waals surface area contributed by atoms with Crippen molar-refractivity contribution in [2.45, 2.75) is 38.0 Å². The predicted molar refractivity (Wildman–Crippen MR) is 79.2 cm³/mol. The standard InChI is InChI=1S/C8H15NO.C7H8O3S/c1-2-5-9-6-3-4-8(10)7-9;1-6-2-4-7(5-3-6)11(8,9)10/h2-7H2,1H3;2-5H,1H3,(H,8,9,10). The molecule has 0 spiro atoms. The molecule has 1 unspecified atom stereocenters. The molecule has 0 bridgehead atoms. The van der Waals surface area contributed by atoms with Crippen LogP contribution in [0.3, 0.4) is 0 Å². The zero-order valence-corrected chi connectivity index (χ0v) is 13.4. The first-order valence-electron chi connectivity index (χ1n) is 7.20. The van der Waals surface area contributed by atoms with Crippen LogP contribution in [0.25, 0.3) is 0 Å². The van der Waals surface area contributed by atoms with Crippen LogP contribution in [0.1, 0.15) is 31.7 Å². The summed E-state index contributed by atoms with van der Waals surface area (Å²) in [5.41, 5.74) is 0.928. The third-order valence-electron chi connectivity index (χ3n) is 3.35. The Labute approximate surface area is 126 Å². The maximum Gasteiger partial charge on any atom is 0.187 e. The predicted octanol–water partition coefficient (Wildman–Crippen LogP) is 0.543. The minimum atomic E-state index is -4.27. The first kappa shape index (κ1) is 17.8. The number of hydrogen-bond donors (Lipinski definition) is 1. The van der Waals surface area contributed by atoms with Crippen molar-refractivity contribution in [1.82, 2.24) is 0 Å². The lowest BCUT2D eigenvalue weighted by Crippen LogP contribution is -3.13. The maximum absolute atomic E-state index is 10.9. The second-order valence-corrected chi connectivity index (χ2v) is 6.72. The van der Waals surface area contributed by atoms with E-state index < -0.39 is 10.1 Å².